The second kappa shape index (κ2) is 6.42. The van der Waals surface area contributed by atoms with E-state index in [0.717, 1.165) is 29.9 Å². The molecule has 1 N–H and O–H groups in total. The van der Waals surface area contributed by atoms with E-state index in [1.54, 1.807) is 0 Å². The third kappa shape index (κ3) is 3.28. The molecule has 0 spiro atoms. The molecule has 0 radical (unpaired) electrons. The van der Waals surface area contributed by atoms with Gasteiger partial charge in [0.05, 0.1) is 23.2 Å². The quantitative estimate of drug-likeness (QED) is 0.912. The van der Waals surface area contributed by atoms with Crippen molar-refractivity contribution in [1.29, 1.82) is 0 Å². The van der Waals surface area contributed by atoms with Gasteiger partial charge in [0, 0.05) is 13.1 Å². The van der Waals surface area contributed by atoms with Crippen LogP contribution >= 0.6 is 0 Å². The molecular weight excluding hydrogens is 316 g/mol. The highest BCUT2D eigenvalue weighted by Gasteiger charge is 2.39. The van der Waals surface area contributed by atoms with Crippen molar-refractivity contribution in [3.63, 3.8) is 0 Å². The molecule has 1 atom stereocenters. The number of hydrogen-bond donors (Lipinski definition) is 1. The minimum atomic E-state index is -0.758. The zero-order chi connectivity index (χ0) is 17.4. The van der Waals surface area contributed by atoms with Crippen LogP contribution in [0.4, 0.5) is 0 Å². The molecule has 0 aliphatic carbocycles. The molecule has 1 aromatic heterocycles. The molecule has 1 unspecified atom stereocenters. The zero-order valence-corrected chi connectivity index (χ0v) is 14.8. The van der Waals surface area contributed by atoms with Crippen molar-refractivity contribution in [2.75, 3.05) is 32.7 Å². The van der Waals surface area contributed by atoms with Gasteiger partial charge < -0.3 is 19.5 Å². The first-order valence-electron chi connectivity index (χ1n) is 9.18. The van der Waals surface area contributed by atoms with Gasteiger partial charge in [-0.3, -0.25) is 4.79 Å². The Kier molecular flexibility index (Phi) is 4.25. The molecule has 4 rings (SSSR count). The second-order valence-corrected chi connectivity index (χ2v) is 7.51. The Hall–Kier alpha value is -1.92. The van der Waals surface area contributed by atoms with Crippen molar-refractivity contribution >= 4 is 16.9 Å². The number of carbonyl (C=O) groups is 1. The van der Waals surface area contributed by atoms with Crippen molar-refractivity contribution in [2.24, 2.45) is 0 Å². The van der Waals surface area contributed by atoms with Crippen LogP contribution in [-0.2, 0) is 11.3 Å². The molecule has 6 nitrogen and oxygen atoms in total. The minimum Gasteiger partial charge on any atom is -0.387 e. The molecule has 25 heavy (non-hydrogen) atoms. The molecule has 1 amide bonds. The summed E-state index contributed by atoms with van der Waals surface area (Å²) in [5, 5.41) is 10.9. The molecular formula is C19H26N4O2. The highest BCUT2D eigenvalue weighted by atomic mass is 16.3. The largest absolute Gasteiger partial charge is 0.387 e. The summed E-state index contributed by atoms with van der Waals surface area (Å²) in [6.07, 6.45) is 3.09. The number of imidazole rings is 1. The van der Waals surface area contributed by atoms with Gasteiger partial charge >= 0.3 is 0 Å². The van der Waals surface area contributed by atoms with E-state index in [-0.39, 0.29) is 12.5 Å². The first kappa shape index (κ1) is 16.5. The van der Waals surface area contributed by atoms with Gasteiger partial charge in [-0.2, -0.15) is 0 Å². The molecule has 0 saturated carbocycles. The molecule has 6 heteroatoms. The molecule has 3 heterocycles. The minimum absolute atomic E-state index is 0.0589. The van der Waals surface area contributed by atoms with Gasteiger partial charge in [0.1, 0.15) is 12.4 Å². The summed E-state index contributed by atoms with van der Waals surface area (Å²) in [4.78, 5) is 21.4. The number of carbonyl (C=O) groups excluding carboxylic acids is 1. The van der Waals surface area contributed by atoms with E-state index in [1.165, 1.54) is 12.8 Å². The summed E-state index contributed by atoms with van der Waals surface area (Å²) in [5.74, 6) is 0.907. The number of fused-ring (bicyclic) bond motifs is 1. The number of aryl methyl sites for hydroxylation is 1. The predicted molar refractivity (Wildman–Crippen MR) is 96.3 cm³/mol. The van der Waals surface area contributed by atoms with Gasteiger partial charge in [0.15, 0.2) is 0 Å². The van der Waals surface area contributed by atoms with Crippen LogP contribution in [0.15, 0.2) is 24.3 Å². The van der Waals surface area contributed by atoms with Gasteiger partial charge in [-0.15, -0.1) is 0 Å². The lowest BCUT2D eigenvalue weighted by atomic mass is 10.0. The molecule has 2 aliphatic rings. The Morgan fingerprint density at radius 1 is 1.24 bits per heavy atom. The number of nitrogens with zero attached hydrogens (tertiary/aromatic N) is 4. The molecule has 0 bridgehead atoms. The van der Waals surface area contributed by atoms with E-state index < -0.39 is 5.60 Å². The van der Waals surface area contributed by atoms with E-state index in [0.29, 0.717) is 26.1 Å². The van der Waals surface area contributed by atoms with Crippen LogP contribution in [0.5, 0.6) is 0 Å². The number of benzene rings is 1. The third-order valence-electron chi connectivity index (χ3n) is 5.54. The smallest absolute Gasteiger partial charge is 0.242 e. The van der Waals surface area contributed by atoms with Gasteiger partial charge in [0.2, 0.25) is 5.91 Å². The van der Waals surface area contributed by atoms with Crippen molar-refractivity contribution in [3.8, 4) is 0 Å². The van der Waals surface area contributed by atoms with E-state index in [2.05, 4.69) is 9.88 Å². The number of likely N-dealkylation sites (tertiary alicyclic amines) is 2. The van der Waals surface area contributed by atoms with E-state index in [4.69, 9.17) is 0 Å². The van der Waals surface area contributed by atoms with Crippen molar-refractivity contribution in [1.82, 2.24) is 19.4 Å². The number of aromatic nitrogens is 2. The van der Waals surface area contributed by atoms with Gasteiger partial charge in [0.25, 0.3) is 0 Å². The maximum absolute atomic E-state index is 12.8. The number of amides is 1. The van der Waals surface area contributed by atoms with Crippen molar-refractivity contribution < 1.29 is 9.90 Å². The Balaban J connectivity index is 1.44. The molecule has 134 valence electrons. The van der Waals surface area contributed by atoms with Crippen LogP contribution in [-0.4, -0.2) is 68.7 Å². The van der Waals surface area contributed by atoms with Crippen LogP contribution in [0.25, 0.3) is 11.0 Å². The fraction of sp³-hybridized carbons (Fsp3) is 0.579. The highest BCUT2D eigenvalue weighted by molar-refractivity contribution is 5.81. The number of aliphatic hydroxyl groups is 1. The predicted octanol–water partition coefficient (Wildman–Crippen LogP) is 1.40. The van der Waals surface area contributed by atoms with E-state index >= 15 is 0 Å². The summed E-state index contributed by atoms with van der Waals surface area (Å²) in [5.41, 5.74) is 1.14. The third-order valence-corrected chi connectivity index (χ3v) is 5.54. The van der Waals surface area contributed by atoms with E-state index in [1.807, 2.05) is 40.7 Å². The molecule has 2 fully saturated rings. The second-order valence-electron chi connectivity index (χ2n) is 7.51. The van der Waals surface area contributed by atoms with Gasteiger partial charge in [-0.25, -0.2) is 4.98 Å². The fourth-order valence-corrected chi connectivity index (χ4v) is 4.19. The van der Waals surface area contributed by atoms with Gasteiger partial charge in [-0.05, 0) is 51.4 Å². The summed E-state index contributed by atoms with van der Waals surface area (Å²) in [6.45, 7) is 6.10. The topological polar surface area (TPSA) is 61.6 Å². The summed E-state index contributed by atoms with van der Waals surface area (Å²) < 4.78 is 1.97. The zero-order valence-electron chi connectivity index (χ0n) is 14.8. The standard InChI is InChI=1S/C19H26N4O2/c1-15-20-16-6-2-3-7-17(16)23(15)12-18(24)22-11-8-19(25,14-22)13-21-9-4-5-10-21/h2-3,6-7,25H,4-5,8-14H2,1H3. The average Bonchev–Trinajstić information content (AvgIpc) is 3.29. The maximum atomic E-state index is 12.8. The van der Waals surface area contributed by atoms with Crippen LogP contribution in [0.3, 0.4) is 0 Å². The first-order valence-corrected chi connectivity index (χ1v) is 9.18. The summed E-state index contributed by atoms with van der Waals surface area (Å²) in [6, 6.07) is 7.89. The van der Waals surface area contributed by atoms with Crippen molar-refractivity contribution in [2.45, 2.75) is 38.3 Å². The summed E-state index contributed by atoms with van der Waals surface area (Å²) in [7, 11) is 0. The SMILES string of the molecule is Cc1nc2ccccc2n1CC(=O)N1CCC(O)(CN2CCCC2)C1. The molecule has 2 saturated heterocycles. The Bertz CT molecular complexity index is 781. The number of rotatable bonds is 4. The fourth-order valence-electron chi connectivity index (χ4n) is 4.19. The van der Waals surface area contributed by atoms with Crippen molar-refractivity contribution in [3.05, 3.63) is 30.1 Å². The number of hydrogen-bond acceptors (Lipinski definition) is 4. The Labute approximate surface area is 148 Å². The van der Waals surface area contributed by atoms with Crippen LogP contribution in [0, 0.1) is 6.92 Å². The first-order chi connectivity index (χ1) is 12.0. The van der Waals surface area contributed by atoms with Crippen LogP contribution in [0.2, 0.25) is 0 Å². The lowest BCUT2D eigenvalue weighted by Gasteiger charge is -2.28. The lowest BCUT2D eigenvalue weighted by Crippen LogP contribution is -2.45. The molecule has 1 aromatic carbocycles. The molecule has 2 aliphatic heterocycles. The number of para-hydroxylation sites is 2. The summed E-state index contributed by atoms with van der Waals surface area (Å²) >= 11 is 0. The van der Waals surface area contributed by atoms with Crippen LogP contribution in [0.1, 0.15) is 25.1 Å². The van der Waals surface area contributed by atoms with Gasteiger partial charge in [-0.1, -0.05) is 12.1 Å². The molecule has 2 aromatic rings. The normalized spacial score (nSPS) is 24.5. The average molecular weight is 342 g/mol. The Morgan fingerprint density at radius 3 is 2.80 bits per heavy atom. The van der Waals surface area contributed by atoms with E-state index in [9.17, 15) is 9.90 Å². The van der Waals surface area contributed by atoms with Crippen LogP contribution < -0.4 is 0 Å². The number of β-amino-alcohol motifs (C(OH)–C–C–N with tert-alkyl or cyclic N) is 1. The monoisotopic (exact) mass is 342 g/mol. The maximum Gasteiger partial charge on any atom is 0.242 e. The highest BCUT2D eigenvalue weighted by Crippen LogP contribution is 2.25. The lowest BCUT2D eigenvalue weighted by molar-refractivity contribution is -0.131. The Morgan fingerprint density at radius 2 is 2.00 bits per heavy atom.